The Morgan fingerprint density at radius 1 is 1.46 bits per heavy atom. The molecule has 1 atom stereocenters. The number of carboxylic acids is 1. The van der Waals surface area contributed by atoms with E-state index in [1.54, 1.807) is 25.1 Å². The quantitative estimate of drug-likeness (QED) is 0.744. The van der Waals surface area contributed by atoms with Gasteiger partial charge in [0, 0.05) is 30.6 Å². The standard InChI is InChI=1S/C17H21N3O4S2/c1-2-18-26(23,24)15-6-7-20(10-15)9-14-11-25-16(19-14)12-4-3-5-13(8-12)17(21)22/h3-5,8,11,15,18H,2,6-7,9-10H2,1H3,(H,21,22). The molecule has 140 valence electrons. The Hall–Kier alpha value is -1.81. The van der Waals surface area contributed by atoms with Crippen molar-refractivity contribution >= 4 is 27.3 Å². The Balaban J connectivity index is 1.66. The summed E-state index contributed by atoms with van der Waals surface area (Å²) in [4.78, 5) is 17.8. The average molecular weight is 396 g/mol. The van der Waals surface area contributed by atoms with Crippen molar-refractivity contribution in [1.29, 1.82) is 0 Å². The van der Waals surface area contributed by atoms with Gasteiger partial charge in [0.25, 0.3) is 0 Å². The summed E-state index contributed by atoms with van der Waals surface area (Å²) in [6.45, 7) is 3.99. The van der Waals surface area contributed by atoms with Crippen molar-refractivity contribution in [2.75, 3.05) is 19.6 Å². The van der Waals surface area contributed by atoms with Gasteiger partial charge in [-0.1, -0.05) is 19.1 Å². The Labute approximate surface area is 156 Å². The van der Waals surface area contributed by atoms with Gasteiger partial charge in [-0.05, 0) is 25.1 Å². The fourth-order valence-electron chi connectivity index (χ4n) is 3.04. The zero-order valence-electron chi connectivity index (χ0n) is 14.4. The first kappa shape index (κ1) is 19.0. The monoisotopic (exact) mass is 395 g/mol. The summed E-state index contributed by atoms with van der Waals surface area (Å²) in [6.07, 6.45) is 0.618. The number of hydrogen-bond donors (Lipinski definition) is 2. The van der Waals surface area contributed by atoms with Crippen LogP contribution in [0.1, 0.15) is 29.4 Å². The summed E-state index contributed by atoms with van der Waals surface area (Å²) < 4.78 is 26.8. The van der Waals surface area contributed by atoms with Crippen molar-refractivity contribution in [3.63, 3.8) is 0 Å². The fourth-order valence-corrected chi connectivity index (χ4v) is 5.31. The van der Waals surface area contributed by atoms with Crippen molar-refractivity contribution in [2.45, 2.75) is 25.1 Å². The lowest BCUT2D eigenvalue weighted by Gasteiger charge is -2.15. The third-order valence-corrected chi connectivity index (χ3v) is 7.20. The number of nitrogens with zero attached hydrogens (tertiary/aromatic N) is 2. The molecule has 1 aromatic carbocycles. The second-order valence-corrected chi connectivity index (χ2v) is 9.12. The van der Waals surface area contributed by atoms with E-state index in [1.807, 2.05) is 11.4 Å². The molecule has 26 heavy (non-hydrogen) atoms. The molecule has 1 unspecified atom stereocenters. The maximum atomic E-state index is 12.1. The van der Waals surface area contributed by atoms with Gasteiger partial charge in [0.15, 0.2) is 0 Å². The summed E-state index contributed by atoms with van der Waals surface area (Å²) >= 11 is 1.46. The highest BCUT2D eigenvalue weighted by Crippen LogP contribution is 2.26. The molecule has 0 spiro atoms. The molecule has 0 radical (unpaired) electrons. The van der Waals surface area contributed by atoms with E-state index in [9.17, 15) is 13.2 Å². The number of thiazole rings is 1. The first-order valence-corrected chi connectivity index (χ1v) is 10.8. The number of carboxylic acid groups (broad SMARTS) is 1. The van der Waals surface area contributed by atoms with E-state index in [0.717, 1.165) is 22.8 Å². The lowest BCUT2D eigenvalue weighted by molar-refractivity contribution is 0.0697. The van der Waals surface area contributed by atoms with Gasteiger partial charge < -0.3 is 5.11 Å². The van der Waals surface area contributed by atoms with E-state index < -0.39 is 16.0 Å². The van der Waals surface area contributed by atoms with Crippen LogP contribution in [0.2, 0.25) is 0 Å². The van der Waals surface area contributed by atoms with Crippen LogP contribution in [0.15, 0.2) is 29.6 Å². The largest absolute Gasteiger partial charge is 0.478 e. The maximum Gasteiger partial charge on any atom is 0.335 e. The summed E-state index contributed by atoms with van der Waals surface area (Å²) in [7, 11) is -3.25. The molecule has 1 saturated heterocycles. The maximum absolute atomic E-state index is 12.1. The van der Waals surface area contributed by atoms with Gasteiger partial charge in [-0.15, -0.1) is 11.3 Å². The molecule has 0 amide bonds. The molecular weight excluding hydrogens is 374 g/mol. The molecule has 1 aliphatic rings. The molecule has 2 heterocycles. The minimum absolute atomic E-state index is 0.232. The van der Waals surface area contributed by atoms with E-state index in [-0.39, 0.29) is 10.8 Å². The molecule has 2 aromatic rings. The number of carbonyl (C=O) groups is 1. The summed E-state index contributed by atoms with van der Waals surface area (Å²) in [5.41, 5.74) is 1.87. The predicted molar refractivity (Wildman–Crippen MR) is 101 cm³/mol. The summed E-state index contributed by atoms with van der Waals surface area (Å²) in [5, 5.41) is 11.4. The molecule has 1 aromatic heterocycles. The number of aromatic carboxylic acids is 1. The highest BCUT2D eigenvalue weighted by molar-refractivity contribution is 7.90. The number of likely N-dealkylation sites (tertiary alicyclic amines) is 1. The molecule has 0 aliphatic carbocycles. The lowest BCUT2D eigenvalue weighted by Crippen LogP contribution is -2.36. The van der Waals surface area contributed by atoms with Crippen LogP contribution in [-0.4, -0.2) is 54.3 Å². The zero-order valence-corrected chi connectivity index (χ0v) is 16.0. The topological polar surface area (TPSA) is 99.6 Å². The normalized spacial score (nSPS) is 18.3. The van der Waals surface area contributed by atoms with Crippen LogP contribution in [-0.2, 0) is 16.6 Å². The minimum Gasteiger partial charge on any atom is -0.478 e. The third-order valence-electron chi connectivity index (χ3n) is 4.31. The summed E-state index contributed by atoms with van der Waals surface area (Å²) in [6, 6.07) is 6.70. The van der Waals surface area contributed by atoms with E-state index in [4.69, 9.17) is 5.11 Å². The third kappa shape index (κ3) is 4.29. The van der Waals surface area contributed by atoms with E-state index in [2.05, 4.69) is 14.6 Å². The van der Waals surface area contributed by atoms with Crippen LogP contribution in [0.4, 0.5) is 0 Å². The van der Waals surface area contributed by atoms with E-state index >= 15 is 0 Å². The molecule has 0 bridgehead atoms. The first-order chi connectivity index (χ1) is 12.4. The molecule has 3 rings (SSSR count). The number of aromatic nitrogens is 1. The molecule has 9 heteroatoms. The van der Waals surface area contributed by atoms with Gasteiger partial charge in [0.2, 0.25) is 10.0 Å². The van der Waals surface area contributed by atoms with Gasteiger partial charge in [0.05, 0.1) is 16.5 Å². The number of rotatable bonds is 7. The average Bonchev–Trinajstić information content (AvgIpc) is 3.25. The highest BCUT2D eigenvalue weighted by Gasteiger charge is 2.32. The molecular formula is C17H21N3O4S2. The predicted octanol–water partition coefficient (Wildman–Crippen LogP) is 2.02. The minimum atomic E-state index is -3.25. The van der Waals surface area contributed by atoms with Crippen LogP contribution in [0.5, 0.6) is 0 Å². The van der Waals surface area contributed by atoms with E-state index in [0.29, 0.717) is 26.1 Å². The number of nitrogens with one attached hydrogen (secondary N) is 1. The second-order valence-electron chi connectivity index (χ2n) is 6.22. The van der Waals surface area contributed by atoms with Crippen LogP contribution in [0.25, 0.3) is 10.6 Å². The Bertz CT molecular complexity index is 895. The second kappa shape index (κ2) is 7.83. The zero-order chi connectivity index (χ0) is 18.7. The van der Waals surface area contributed by atoms with Gasteiger partial charge >= 0.3 is 5.97 Å². The van der Waals surface area contributed by atoms with Gasteiger partial charge in [0.1, 0.15) is 5.01 Å². The van der Waals surface area contributed by atoms with Crippen molar-refractivity contribution in [3.05, 3.63) is 40.9 Å². The molecule has 1 aliphatic heterocycles. The van der Waals surface area contributed by atoms with Gasteiger partial charge in [-0.3, -0.25) is 4.90 Å². The number of sulfonamides is 1. The number of benzene rings is 1. The van der Waals surface area contributed by atoms with Crippen LogP contribution in [0.3, 0.4) is 0 Å². The summed E-state index contributed by atoms with van der Waals surface area (Å²) in [5.74, 6) is -0.964. The van der Waals surface area contributed by atoms with Gasteiger partial charge in [-0.25, -0.2) is 22.9 Å². The van der Waals surface area contributed by atoms with Crippen molar-refractivity contribution in [3.8, 4) is 10.6 Å². The highest BCUT2D eigenvalue weighted by atomic mass is 32.2. The van der Waals surface area contributed by atoms with Crippen LogP contribution < -0.4 is 4.72 Å². The first-order valence-electron chi connectivity index (χ1n) is 8.38. The Morgan fingerprint density at radius 2 is 2.27 bits per heavy atom. The lowest BCUT2D eigenvalue weighted by atomic mass is 10.1. The Kier molecular flexibility index (Phi) is 5.71. The SMILES string of the molecule is CCNS(=O)(=O)C1CCN(Cc2csc(-c3cccc(C(=O)O)c3)n2)C1. The smallest absolute Gasteiger partial charge is 0.335 e. The molecule has 2 N–H and O–H groups in total. The molecule has 7 nitrogen and oxygen atoms in total. The Morgan fingerprint density at radius 3 is 3.00 bits per heavy atom. The number of hydrogen-bond acceptors (Lipinski definition) is 6. The van der Waals surface area contributed by atoms with Gasteiger partial charge in [-0.2, -0.15) is 0 Å². The molecule has 0 saturated carbocycles. The molecule has 1 fully saturated rings. The van der Waals surface area contributed by atoms with Crippen LogP contribution in [0, 0.1) is 0 Å². The van der Waals surface area contributed by atoms with Crippen molar-refractivity contribution in [1.82, 2.24) is 14.6 Å². The van der Waals surface area contributed by atoms with E-state index in [1.165, 1.54) is 11.3 Å². The fraction of sp³-hybridized carbons (Fsp3) is 0.412. The van der Waals surface area contributed by atoms with Crippen LogP contribution >= 0.6 is 11.3 Å². The van der Waals surface area contributed by atoms with Crippen molar-refractivity contribution in [2.24, 2.45) is 0 Å². The van der Waals surface area contributed by atoms with Crippen molar-refractivity contribution < 1.29 is 18.3 Å².